The van der Waals surface area contributed by atoms with Gasteiger partial charge in [-0.15, -0.1) is 0 Å². The molecule has 0 heterocycles. The van der Waals surface area contributed by atoms with Crippen LogP contribution in [-0.2, 0) is 28.8 Å². The number of Topliss-reactive ketones (excluding diaryl/α,β-unsaturated/α-hetero) is 2. The topological polar surface area (TPSA) is 187 Å². The van der Waals surface area contributed by atoms with Crippen LogP contribution in [0, 0.1) is 10.8 Å². The number of hydrogen-bond donors (Lipinski definition) is 4. The van der Waals surface area contributed by atoms with Crippen LogP contribution in [0.1, 0.15) is 87.0 Å². The molecule has 33 heavy (non-hydrogen) atoms. The van der Waals surface area contributed by atoms with Gasteiger partial charge in [0.25, 0.3) is 0 Å². The van der Waals surface area contributed by atoms with E-state index in [4.69, 9.17) is 26.2 Å². The van der Waals surface area contributed by atoms with Crippen LogP contribution in [0.4, 0.5) is 0 Å². The van der Waals surface area contributed by atoms with Gasteiger partial charge in [0, 0.05) is 12.8 Å². The molecule has 0 unspecified atom stereocenters. The molecular formula is C23H43N3O7. The summed E-state index contributed by atoms with van der Waals surface area (Å²) in [4.78, 5) is 61.2. The van der Waals surface area contributed by atoms with E-state index >= 15 is 0 Å². The molecule has 0 aromatic carbocycles. The number of carbonyl (C=O) groups is 4. The Morgan fingerprint density at radius 2 is 1.36 bits per heavy atom. The first-order valence-corrected chi connectivity index (χ1v) is 10.9. The Morgan fingerprint density at radius 3 is 1.67 bits per heavy atom. The van der Waals surface area contributed by atoms with E-state index in [9.17, 15) is 19.2 Å². The molecule has 0 spiro atoms. The van der Waals surface area contributed by atoms with Crippen LogP contribution in [0.15, 0.2) is 0 Å². The van der Waals surface area contributed by atoms with Crippen LogP contribution in [0.2, 0.25) is 0 Å². The molecule has 1 amide bonds. The Kier molecular flexibility index (Phi) is 19.2. The van der Waals surface area contributed by atoms with Crippen LogP contribution >= 0.6 is 0 Å². The molecule has 10 heteroatoms. The van der Waals surface area contributed by atoms with Crippen LogP contribution < -0.4 is 16.8 Å². The van der Waals surface area contributed by atoms with E-state index < -0.39 is 12.0 Å². The van der Waals surface area contributed by atoms with Gasteiger partial charge in [0.2, 0.25) is 5.91 Å². The highest BCUT2D eigenvalue weighted by Crippen LogP contribution is 2.22. The maximum atomic E-state index is 12.0. The van der Waals surface area contributed by atoms with Crippen LogP contribution in [0.3, 0.4) is 0 Å². The first kappa shape index (κ1) is 35.2. The quantitative estimate of drug-likeness (QED) is 0.347. The summed E-state index contributed by atoms with van der Waals surface area (Å²) in [5, 5.41) is 11.3. The van der Waals surface area contributed by atoms with Crippen LogP contribution in [-0.4, -0.2) is 53.3 Å². The third-order valence-corrected chi connectivity index (χ3v) is 4.09. The van der Waals surface area contributed by atoms with Crippen molar-refractivity contribution >= 4 is 29.6 Å². The predicted octanol–water partition coefficient (Wildman–Crippen LogP) is 1.84. The average molecular weight is 474 g/mol. The summed E-state index contributed by atoms with van der Waals surface area (Å²) < 4.78 is 0. The van der Waals surface area contributed by atoms with Gasteiger partial charge in [0.1, 0.15) is 5.78 Å². The molecule has 0 aliphatic rings. The fourth-order valence-electron chi connectivity index (χ4n) is 2.59. The van der Waals surface area contributed by atoms with E-state index in [0.717, 1.165) is 6.42 Å². The number of rotatable bonds is 11. The number of hydrogen-bond acceptors (Lipinski definition) is 8. The maximum absolute atomic E-state index is 12.0. The molecule has 192 valence electrons. The first-order valence-electron chi connectivity index (χ1n) is 10.9. The number of aliphatic carboxylic acids is 1. The number of carboxylic acid groups (broad SMARTS) is 1. The summed E-state index contributed by atoms with van der Waals surface area (Å²) in [7, 11) is 0. The van der Waals surface area contributed by atoms with E-state index in [2.05, 4.69) is 26.1 Å². The second kappa shape index (κ2) is 18.1. The van der Waals surface area contributed by atoms with Gasteiger partial charge in [-0.1, -0.05) is 41.5 Å². The van der Waals surface area contributed by atoms with E-state index in [0.29, 0.717) is 19.4 Å². The smallest absolute Gasteiger partial charge is 0.373 e. The van der Waals surface area contributed by atoms with E-state index in [1.54, 1.807) is 0 Å². The molecule has 10 nitrogen and oxygen atoms in total. The van der Waals surface area contributed by atoms with Crippen molar-refractivity contribution < 1.29 is 33.9 Å². The SMILES string of the molecule is CC(=O)[C@@H](N)CC(C)(C)C.CC(C)(C)C[C@H](NC(=O)CCCN)C(=O)CCC(=O)O.O=C=O. The van der Waals surface area contributed by atoms with Gasteiger partial charge in [0.15, 0.2) is 5.78 Å². The minimum atomic E-state index is -1.01. The highest BCUT2D eigenvalue weighted by atomic mass is 16.4. The molecule has 6 N–H and O–H groups in total. The van der Waals surface area contributed by atoms with Crippen molar-refractivity contribution in [2.24, 2.45) is 22.3 Å². The molecule has 0 bridgehead atoms. The second-order valence-corrected chi connectivity index (χ2v) is 10.2. The van der Waals surface area contributed by atoms with E-state index in [-0.39, 0.29) is 59.8 Å². The number of carboxylic acids is 1. The summed E-state index contributed by atoms with van der Waals surface area (Å²) in [6.07, 6.45) is 2.08. The summed E-state index contributed by atoms with van der Waals surface area (Å²) >= 11 is 0. The standard InChI is InChI=1S/C14H26N2O4.C8H17NO.CO2/c1-14(2,3)9-10(11(17)6-7-13(19)20)16-12(18)5-4-8-15;1-6(10)7(9)5-8(2,3)4;2-1-3/h10H,4-9,15H2,1-3H3,(H,16,18)(H,19,20);7H,5,9H2,1-4H3;/t10-;7-;/m00./s1. The van der Waals surface area contributed by atoms with E-state index in [1.807, 2.05) is 20.8 Å². The molecule has 2 atom stereocenters. The molecule has 0 aliphatic carbocycles. The molecule has 0 fully saturated rings. The van der Waals surface area contributed by atoms with Crippen molar-refractivity contribution in [3.63, 3.8) is 0 Å². The van der Waals surface area contributed by atoms with E-state index in [1.165, 1.54) is 6.92 Å². The highest BCUT2D eigenvalue weighted by Gasteiger charge is 2.26. The van der Waals surface area contributed by atoms with Gasteiger partial charge in [-0.05, 0) is 43.6 Å². The fourth-order valence-corrected chi connectivity index (χ4v) is 2.59. The molecule has 0 aliphatic heterocycles. The lowest BCUT2D eigenvalue weighted by atomic mass is 9.85. The molecule has 0 aromatic rings. The van der Waals surface area contributed by atoms with Crippen molar-refractivity contribution in [1.29, 1.82) is 0 Å². The predicted molar refractivity (Wildman–Crippen MR) is 124 cm³/mol. The lowest BCUT2D eigenvalue weighted by molar-refractivity contribution is -0.191. The zero-order chi connectivity index (χ0) is 26.8. The Labute approximate surface area is 197 Å². The molecule has 0 rings (SSSR count). The Morgan fingerprint density at radius 1 is 0.909 bits per heavy atom. The number of nitrogens with one attached hydrogen (secondary N) is 1. The number of amides is 1. The summed E-state index contributed by atoms with van der Waals surface area (Å²) in [6.45, 7) is 14.1. The fraction of sp³-hybridized carbons (Fsp3) is 0.783. The highest BCUT2D eigenvalue weighted by molar-refractivity contribution is 5.90. The Balaban J connectivity index is -0.000000576. The van der Waals surface area contributed by atoms with Crippen molar-refractivity contribution in [3.8, 4) is 0 Å². The molecule has 0 aromatic heterocycles. The van der Waals surface area contributed by atoms with Gasteiger partial charge < -0.3 is 21.9 Å². The minimum absolute atomic E-state index is 0.0623. The van der Waals surface area contributed by atoms with Gasteiger partial charge in [-0.25, -0.2) is 0 Å². The molecular weight excluding hydrogens is 430 g/mol. The number of nitrogens with two attached hydrogens (primary N) is 2. The summed E-state index contributed by atoms with van der Waals surface area (Å²) in [5.74, 6) is -1.38. The number of carbonyl (C=O) groups excluding carboxylic acids is 5. The van der Waals surface area contributed by atoms with Gasteiger partial charge in [-0.2, -0.15) is 9.59 Å². The average Bonchev–Trinajstić information content (AvgIpc) is 2.62. The molecule has 0 saturated heterocycles. The zero-order valence-electron chi connectivity index (χ0n) is 21.2. The van der Waals surface area contributed by atoms with Crippen LogP contribution in [0.5, 0.6) is 0 Å². The lowest BCUT2D eigenvalue weighted by Gasteiger charge is -2.26. The second-order valence-electron chi connectivity index (χ2n) is 10.2. The van der Waals surface area contributed by atoms with Crippen molar-refractivity contribution in [1.82, 2.24) is 5.32 Å². The van der Waals surface area contributed by atoms with Crippen molar-refractivity contribution in [3.05, 3.63) is 0 Å². The van der Waals surface area contributed by atoms with Crippen molar-refractivity contribution in [2.75, 3.05) is 6.54 Å². The minimum Gasteiger partial charge on any atom is -0.481 e. The third-order valence-electron chi connectivity index (χ3n) is 4.09. The Hall–Kier alpha value is -2.42. The zero-order valence-corrected chi connectivity index (χ0v) is 21.2. The van der Waals surface area contributed by atoms with Gasteiger partial charge >= 0.3 is 12.1 Å². The monoisotopic (exact) mass is 473 g/mol. The molecule has 0 radical (unpaired) electrons. The van der Waals surface area contributed by atoms with Crippen LogP contribution in [0.25, 0.3) is 0 Å². The lowest BCUT2D eigenvalue weighted by Crippen LogP contribution is -2.43. The van der Waals surface area contributed by atoms with Gasteiger partial charge in [-0.3, -0.25) is 19.2 Å². The van der Waals surface area contributed by atoms with Gasteiger partial charge in [0.05, 0.1) is 18.5 Å². The first-order chi connectivity index (χ1) is 14.9. The summed E-state index contributed by atoms with van der Waals surface area (Å²) in [5.41, 5.74) is 10.9. The molecule has 0 saturated carbocycles. The Bertz CT molecular complexity index is 643. The van der Waals surface area contributed by atoms with Crippen molar-refractivity contribution in [2.45, 2.75) is 99.1 Å². The largest absolute Gasteiger partial charge is 0.481 e. The normalized spacial score (nSPS) is 12.5. The number of ketones is 2. The summed E-state index contributed by atoms with van der Waals surface area (Å²) in [6, 6.07) is -0.903. The third kappa shape index (κ3) is 27.5. The maximum Gasteiger partial charge on any atom is 0.373 e.